The Morgan fingerprint density at radius 3 is 2.60 bits per heavy atom. The van der Waals surface area contributed by atoms with Crippen LogP contribution >= 0.6 is 0 Å². The summed E-state index contributed by atoms with van der Waals surface area (Å²) in [5.74, 6) is -1.31. The molecule has 0 fully saturated rings. The van der Waals surface area contributed by atoms with Gasteiger partial charge in [-0.15, -0.1) is 0 Å². The van der Waals surface area contributed by atoms with Crippen LogP contribution in [0.5, 0.6) is 0 Å². The number of esters is 1. The highest BCUT2D eigenvalue weighted by Crippen LogP contribution is 2.44. The number of allylic oxidation sites excluding steroid dienone is 2. The highest BCUT2D eigenvalue weighted by atomic mass is 16.5. The molecule has 0 spiro atoms. The molecule has 170 valence electrons. The van der Waals surface area contributed by atoms with Crippen molar-refractivity contribution in [2.24, 2.45) is 23.7 Å². The third-order valence-corrected chi connectivity index (χ3v) is 6.44. The van der Waals surface area contributed by atoms with E-state index in [0.29, 0.717) is 25.7 Å². The summed E-state index contributed by atoms with van der Waals surface area (Å²) in [6, 6.07) is 0. The van der Waals surface area contributed by atoms with E-state index in [2.05, 4.69) is 13.0 Å². The molecule has 0 aliphatic heterocycles. The number of carbonyl (C=O) groups is 2. The second-order valence-corrected chi connectivity index (χ2v) is 8.88. The normalized spacial score (nSPS) is 31.3. The third kappa shape index (κ3) is 6.65. The number of ether oxygens (including phenoxy) is 1. The van der Waals surface area contributed by atoms with Crippen molar-refractivity contribution in [1.82, 2.24) is 0 Å². The van der Waals surface area contributed by atoms with Crippen molar-refractivity contribution in [3.63, 3.8) is 0 Å². The van der Waals surface area contributed by atoms with Gasteiger partial charge in [0.25, 0.3) is 0 Å². The fraction of sp³-hybridized carbons (Fsp3) is 0.739. The van der Waals surface area contributed by atoms with E-state index >= 15 is 0 Å². The molecule has 0 aromatic carbocycles. The minimum absolute atomic E-state index is 0.0156. The van der Waals surface area contributed by atoms with Crippen LogP contribution in [0.15, 0.2) is 23.8 Å². The molecule has 0 amide bonds. The lowest BCUT2D eigenvalue weighted by Crippen LogP contribution is -2.43. The Hall–Kier alpha value is -1.70. The topological polar surface area (TPSA) is 124 Å². The van der Waals surface area contributed by atoms with Crippen molar-refractivity contribution in [1.29, 1.82) is 0 Å². The summed E-state index contributed by atoms with van der Waals surface area (Å²) in [7, 11) is 0. The quantitative estimate of drug-likeness (QED) is 0.397. The lowest BCUT2D eigenvalue weighted by molar-refractivity contribution is -0.159. The first-order valence-corrected chi connectivity index (χ1v) is 11.0. The molecule has 2 aliphatic rings. The first-order chi connectivity index (χ1) is 14.1. The Morgan fingerprint density at radius 2 is 1.97 bits per heavy atom. The molecule has 2 aliphatic carbocycles. The van der Waals surface area contributed by atoms with Crippen molar-refractivity contribution >= 4 is 11.9 Å². The number of fused-ring (bicyclic) bond motifs is 1. The molecule has 8 atom stereocenters. The van der Waals surface area contributed by atoms with Gasteiger partial charge < -0.3 is 25.2 Å². The van der Waals surface area contributed by atoms with Crippen LogP contribution in [0.2, 0.25) is 0 Å². The fourth-order valence-electron chi connectivity index (χ4n) is 4.52. The number of aliphatic hydroxyl groups is 3. The maximum atomic E-state index is 12.4. The van der Waals surface area contributed by atoms with Gasteiger partial charge in [-0.25, -0.2) is 0 Å². The second kappa shape index (κ2) is 11.1. The largest absolute Gasteiger partial charge is 0.481 e. The summed E-state index contributed by atoms with van der Waals surface area (Å²) in [6.45, 7) is 5.85. The Morgan fingerprint density at radius 1 is 1.27 bits per heavy atom. The van der Waals surface area contributed by atoms with E-state index in [4.69, 9.17) is 9.84 Å². The van der Waals surface area contributed by atoms with Crippen LogP contribution in [0.4, 0.5) is 0 Å². The lowest BCUT2D eigenvalue weighted by atomic mass is 9.66. The molecule has 0 bridgehead atoms. The first kappa shape index (κ1) is 24.6. The van der Waals surface area contributed by atoms with Crippen LogP contribution in [0, 0.1) is 23.7 Å². The first-order valence-electron chi connectivity index (χ1n) is 11.0. The number of rotatable bonds is 10. The number of carboxylic acids is 1. The van der Waals surface area contributed by atoms with Crippen LogP contribution < -0.4 is 0 Å². The second-order valence-electron chi connectivity index (χ2n) is 8.88. The molecule has 2 rings (SSSR count). The molecular weight excluding hydrogens is 388 g/mol. The molecule has 0 aromatic heterocycles. The van der Waals surface area contributed by atoms with Gasteiger partial charge in [0.05, 0.1) is 30.7 Å². The fourth-order valence-corrected chi connectivity index (χ4v) is 4.52. The average molecular weight is 425 g/mol. The van der Waals surface area contributed by atoms with Crippen molar-refractivity contribution in [2.45, 2.75) is 83.7 Å². The Labute approximate surface area is 178 Å². The zero-order chi connectivity index (χ0) is 22.4. The average Bonchev–Trinajstić information content (AvgIpc) is 2.65. The van der Waals surface area contributed by atoms with E-state index < -0.39 is 30.4 Å². The predicted molar refractivity (Wildman–Crippen MR) is 111 cm³/mol. The predicted octanol–water partition coefficient (Wildman–Crippen LogP) is 2.44. The Kier molecular flexibility index (Phi) is 9.07. The summed E-state index contributed by atoms with van der Waals surface area (Å²) in [6.07, 6.45) is 4.64. The van der Waals surface area contributed by atoms with Crippen LogP contribution in [-0.4, -0.2) is 56.8 Å². The van der Waals surface area contributed by atoms with Crippen molar-refractivity contribution < 1.29 is 34.8 Å². The number of carbonyl (C=O) groups excluding carboxylic acids is 1. The molecule has 0 aromatic rings. The van der Waals surface area contributed by atoms with E-state index in [9.17, 15) is 24.9 Å². The molecule has 7 heteroatoms. The molecule has 0 radical (unpaired) electrons. The molecule has 30 heavy (non-hydrogen) atoms. The summed E-state index contributed by atoms with van der Waals surface area (Å²) in [5, 5.41) is 39.1. The number of carboxylic acid groups (broad SMARTS) is 1. The minimum Gasteiger partial charge on any atom is -0.481 e. The van der Waals surface area contributed by atoms with Crippen molar-refractivity contribution in [2.75, 3.05) is 0 Å². The molecule has 0 saturated carbocycles. The Bertz CT molecular complexity index is 656. The highest BCUT2D eigenvalue weighted by molar-refractivity contribution is 5.72. The smallest absolute Gasteiger partial charge is 0.308 e. The van der Waals surface area contributed by atoms with Crippen LogP contribution in [0.25, 0.3) is 0 Å². The van der Waals surface area contributed by atoms with Gasteiger partial charge in [-0.1, -0.05) is 39.0 Å². The van der Waals surface area contributed by atoms with E-state index in [-0.39, 0.29) is 42.5 Å². The molecule has 0 heterocycles. The van der Waals surface area contributed by atoms with Gasteiger partial charge in [0.1, 0.15) is 6.10 Å². The highest BCUT2D eigenvalue weighted by Gasteiger charge is 2.42. The van der Waals surface area contributed by atoms with Crippen LogP contribution in [0.3, 0.4) is 0 Å². The van der Waals surface area contributed by atoms with Gasteiger partial charge in [0.15, 0.2) is 0 Å². The SMILES string of the molecule is CC[C@H](C)C(=O)O[C@H]1C[C@H](O)C=C2C=C[C@H](C)C(CC[C@@H](O)CC(O)CC(=O)O)[C@H]21. The molecule has 0 saturated heterocycles. The molecule has 7 nitrogen and oxygen atoms in total. The zero-order valence-corrected chi connectivity index (χ0v) is 18.1. The number of hydrogen-bond donors (Lipinski definition) is 4. The van der Waals surface area contributed by atoms with Gasteiger partial charge in [0, 0.05) is 12.3 Å². The third-order valence-electron chi connectivity index (χ3n) is 6.44. The zero-order valence-electron chi connectivity index (χ0n) is 18.1. The maximum absolute atomic E-state index is 12.4. The van der Waals surface area contributed by atoms with Gasteiger partial charge in [0.2, 0.25) is 0 Å². The molecule has 2 unspecified atom stereocenters. The van der Waals surface area contributed by atoms with Crippen LogP contribution in [-0.2, 0) is 14.3 Å². The van der Waals surface area contributed by atoms with E-state index in [0.717, 1.165) is 5.57 Å². The van der Waals surface area contributed by atoms with Crippen molar-refractivity contribution in [3.05, 3.63) is 23.8 Å². The van der Waals surface area contributed by atoms with E-state index in [1.165, 1.54) is 0 Å². The van der Waals surface area contributed by atoms with E-state index in [1.54, 1.807) is 0 Å². The van der Waals surface area contributed by atoms with Gasteiger partial charge in [-0.3, -0.25) is 9.59 Å². The summed E-state index contributed by atoms with van der Waals surface area (Å²) in [5.41, 5.74) is 0.958. The minimum atomic E-state index is -1.10. The summed E-state index contributed by atoms with van der Waals surface area (Å²) in [4.78, 5) is 23.1. The summed E-state index contributed by atoms with van der Waals surface area (Å²) < 4.78 is 5.84. The van der Waals surface area contributed by atoms with Gasteiger partial charge in [-0.2, -0.15) is 0 Å². The monoisotopic (exact) mass is 424 g/mol. The van der Waals surface area contributed by atoms with Crippen molar-refractivity contribution in [3.8, 4) is 0 Å². The van der Waals surface area contributed by atoms with E-state index in [1.807, 2.05) is 26.0 Å². The Balaban J connectivity index is 2.09. The standard InChI is InChI=1S/C23H36O7/c1-4-13(2)23(29)30-20-11-17(25)9-15-6-5-14(3)19(22(15)20)8-7-16(24)10-18(26)12-21(27)28/h5-6,9,13-14,16-20,22,24-26H,4,7-8,10-12H2,1-3H3,(H,27,28)/t13-,14-,16+,17+,18?,19?,20-,22-/m0/s1. The molecule has 4 N–H and O–H groups in total. The van der Waals surface area contributed by atoms with Crippen LogP contribution in [0.1, 0.15) is 59.3 Å². The maximum Gasteiger partial charge on any atom is 0.308 e. The van der Waals surface area contributed by atoms with Gasteiger partial charge >= 0.3 is 11.9 Å². The number of aliphatic carboxylic acids is 1. The lowest BCUT2D eigenvalue weighted by Gasteiger charge is -2.43. The van der Waals surface area contributed by atoms with Gasteiger partial charge in [-0.05, 0) is 43.1 Å². The molecular formula is C23H36O7. The number of hydrogen-bond acceptors (Lipinski definition) is 6. The summed E-state index contributed by atoms with van der Waals surface area (Å²) >= 11 is 0. The number of aliphatic hydroxyl groups excluding tert-OH is 3.